The number of amidine groups is 1. The summed E-state index contributed by atoms with van der Waals surface area (Å²) in [5, 5.41) is 4.23. The van der Waals surface area contributed by atoms with E-state index in [4.69, 9.17) is 28.0 Å². The first-order valence-electron chi connectivity index (χ1n) is 10.3. The zero-order valence-electron chi connectivity index (χ0n) is 18.3. The van der Waals surface area contributed by atoms with E-state index in [1.807, 2.05) is 0 Å². The average Bonchev–Trinajstić information content (AvgIpc) is 3.39. The van der Waals surface area contributed by atoms with Crippen LogP contribution >= 0.6 is 23.2 Å². The van der Waals surface area contributed by atoms with Crippen LogP contribution in [0.1, 0.15) is 39.0 Å². The lowest BCUT2D eigenvalue weighted by atomic mass is 9.89. The highest BCUT2D eigenvalue weighted by atomic mass is 35.5. The Bertz CT molecular complexity index is 1240. The number of amides is 1. The molecule has 4 rings (SSSR count). The van der Waals surface area contributed by atoms with Crippen LogP contribution in [-0.4, -0.2) is 35.5 Å². The standard InChI is InChI=1S/C22H16Cl2F7N3O2/c1-10-2-11-7-34(8-12(11)3-14(10)19(35)32-9-21(26,27)28)17-6-20(36-33-17,22(29,30)31)13-4-15(23)18(25)16(24)5-13/h2-5H,6-9H2,1H3,(H,32,35). The smallest absolute Gasteiger partial charge is 0.372 e. The lowest BCUT2D eigenvalue weighted by molar-refractivity contribution is -0.275. The van der Waals surface area contributed by atoms with Gasteiger partial charge >= 0.3 is 12.4 Å². The number of carbonyl (C=O) groups is 1. The molecular formula is C22H16Cl2F7N3O2. The van der Waals surface area contributed by atoms with Gasteiger partial charge in [-0.15, -0.1) is 0 Å². The third-order valence-corrected chi connectivity index (χ3v) is 6.50. The summed E-state index contributed by atoms with van der Waals surface area (Å²) in [5.41, 5.74) is -1.86. The highest BCUT2D eigenvalue weighted by Crippen LogP contribution is 2.50. The van der Waals surface area contributed by atoms with E-state index in [1.165, 1.54) is 11.0 Å². The first-order valence-corrected chi connectivity index (χ1v) is 11.1. The summed E-state index contributed by atoms with van der Waals surface area (Å²) >= 11 is 11.4. The van der Waals surface area contributed by atoms with Crippen molar-refractivity contribution in [2.75, 3.05) is 6.54 Å². The molecule has 194 valence electrons. The number of hydrogen-bond donors (Lipinski definition) is 1. The van der Waals surface area contributed by atoms with Gasteiger partial charge < -0.3 is 15.1 Å². The van der Waals surface area contributed by atoms with Gasteiger partial charge in [0, 0.05) is 24.2 Å². The van der Waals surface area contributed by atoms with Crippen LogP contribution in [0.3, 0.4) is 0 Å². The summed E-state index contributed by atoms with van der Waals surface area (Å²) < 4.78 is 93.8. The van der Waals surface area contributed by atoms with Gasteiger partial charge in [-0.05, 0) is 41.8 Å². The van der Waals surface area contributed by atoms with Crippen LogP contribution in [0.2, 0.25) is 10.0 Å². The van der Waals surface area contributed by atoms with Gasteiger partial charge in [0.1, 0.15) is 12.4 Å². The Morgan fingerprint density at radius 2 is 1.67 bits per heavy atom. The summed E-state index contributed by atoms with van der Waals surface area (Å²) in [6.45, 7) is 0.204. The molecule has 0 aliphatic carbocycles. The third-order valence-electron chi connectivity index (χ3n) is 5.95. The molecule has 2 heterocycles. The molecule has 36 heavy (non-hydrogen) atoms. The van der Waals surface area contributed by atoms with Crippen molar-refractivity contribution in [2.45, 2.75) is 44.4 Å². The van der Waals surface area contributed by atoms with Gasteiger partial charge in [-0.3, -0.25) is 4.79 Å². The molecule has 0 radical (unpaired) electrons. The number of nitrogens with one attached hydrogen (secondary N) is 1. The second kappa shape index (κ2) is 8.98. The van der Waals surface area contributed by atoms with Crippen molar-refractivity contribution in [2.24, 2.45) is 5.16 Å². The third kappa shape index (κ3) is 4.80. The van der Waals surface area contributed by atoms with Crippen molar-refractivity contribution in [3.05, 3.63) is 67.9 Å². The van der Waals surface area contributed by atoms with Crippen LogP contribution in [0.4, 0.5) is 30.7 Å². The fourth-order valence-electron chi connectivity index (χ4n) is 4.12. The Balaban J connectivity index is 1.57. The fraction of sp³-hybridized carbons (Fsp3) is 0.364. The van der Waals surface area contributed by atoms with Crippen LogP contribution in [0.25, 0.3) is 0 Å². The molecule has 0 fully saturated rings. The normalized spacial score (nSPS) is 19.7. The summed E-state index contributed by atoms with van der Waals surface area (Å²) in [6.07, 6.45) is -10.3. The summed E-state index contributed by atoms with van der Waals surface area (Å²) in [5.74, 6) is -2.06. The lowest BCUT2D eigenvalue weighted by Crippen LogP contribution is -2.44. The van der Waals surface area contributed by atoms with Gasteiger partial charge in [-0.1, -0.05) is 34.4 Å². The number of aryl methyl sites for hydroxylation is 1. The van der Waals surface area contributed by atoms with Gasteiger partial charge in [0.25, 0.3) is 11.5 Å². The van der Waals surface area contributed by atoms with E-state index < -0.39 is 58.3 Å². The number of benzene rings is 2. The van der Waals surface area contributed by atoms with Crippen LogP contribution in [0.5, 0.6) is 0 Å². The minimum atomic E-state index is -4.98. The molecule has 1 N–H and O–H groups in total. The first-order chi connectivity index (χ1) is 16.6. The SMILES string of the molecule is Cc1cc2c(cc1C(=O)NCC(F)(F)F)CN(C1=NOC(c3cc(Cl)c(F)c(Cl)c3)(C(F)(F)F)C1)C2. The number of hydrogen-bond acceptors (Lipinski definition) is 4. The first kappa shape index (κ1) is 26.3. The highest BCUT2D eigenvalue weighted by molar-refractivity contribution is 6.35. The van der Waals surface area contributed by atoms with E-state index in [-0.39, 0.29) is 24.5 Å². The maximum Gasteiger partial charge on any atom is 0.435 e. The van der Waals surface area contributed by atoms with Gasteiger partial charge in [0.2, 0.25) is 0 Å². The molecule has 2 aromatic rings. The van der Waals surface area contributed by atoms with E-state index >= 15 is 0 Å². The molecule has 1 amide bonds. The number of rotatable bonds is 3. The van der Waals surface area contributed by atoms with E-state index in [1.54, 1.807) is 18.3 Å². The van der Waals surface area contributed by atoms with E-state index in [2.05, 4.69) is 5.16 Å². The monoisotopic (exact) mass is 557 g/mol. The molecule has 2 aliphatic rings. The molecule has 0 spiro atoms. The van der Waals surface area contributed by atoms with Gasteiger partial charge in [-0.25, -0.2) is 4.39 Å². The molecule has 2 aliphatic heterocycles. The maximum absolute atomic E-state index is 14.2. The molecule has 0 aromatic heterocycles. The zero-order chi connectivity index (χ0) is 26.6. The molecule has 0 bridgehead atoms. The molecule has 2 aromatic carbocycles. The van der Waals surface area contributed by atoms with Crippen molar-refractivity contribution >= 4 is 34.9 Å². The molecular weight excluding hydrogens is 542 g/mol. The second-order valence-corrected chi connectivity index (χ2v) is 9.26. The number of halogens is 9. The van der Waals surface area contributed by atoms with Crippen molar-refractivity contribution in [1.82, 2.24) is 10.2 Å². The number of fused-ring (bicyclic) bond motifs is 1. The summed E-state index contributed by atoms with van der Waals surface area (Å²) in [6, 6.07) is 4.55. The summed E-state index contributed by atoms with van der Waals surface area (Å²) in [4.78, 5) is 18.7. The number of oxime groups is 1. The molecule has 0 saturated carbocycles. The van der Waals surface area contributed by atoms with Crippen molar-refractivity contribution < 1.29 is 40.4 Å². The van der Waals surface area contributed by atoms with Crippen LogP contribution in [-0.2, 0) is 23.5 Å². The van der Waals surface area contributed by atoms with Crippen molar-refractivity contribution in [3.63, 3.8) is 0 Å². The quantitative estimate of drug-likeness (QED) is 0.359. The predicted molar refractivity (Wildman–Crippen MR) is 116 cm³/mol. The second-order valence-electron chi connectivity index (χ2n) is 8.44. The number of alkyl halides is 6. The lowest BCUT2D eigenvalue weighted by Gasteiger charge is -2.30. The minimum Gasteiger partial charge on any atom is -0.372 e. The average molecular weight is 558 g/mol. The number of nitrogens with zero attached hydrogens (tertiary/aromatic N) is 2. The molecule has 1 atom stereocenters. The topological polar surface area (TPSA) is 53.9 Å². The van der Waals surface area contributed by atoms with Crippen molar-refractivity contribution in [1.29, 1.82) is 0 Å². The Morgan fingerprint density at radius 1 is 1.08 bits per heavy atom. The van der Waals surface area contributed by atoms with E-state index in [9.17, 15) is 35.5 Å². The van der Waals surface area contributed by atoms with Crippen LogP contribution < -0.4 is 5.32 Å². The Hall–Kier alpha value is -2.73. The van der Waals surface area contributed by atoms with Crippen LogP contribution in [0.15, 0.2) is 29.4 Å². The molecule has 1 unspecified atom stereocenters. The molecule has 5 nitrogen and oxygen atoms in total. The van der Waals surface area contributed by atoms with Gasteiger partial charge in [-0.2, -0.15) is 26.3 Å². The highest BCUT2D eigenvalue weighted by Gasteiger charge is 2.63. The zero-order valence-corrected chi connectivity index (χ0v) is 19.8. The Labute approximate surface area is 209 Å². The van der Waals surface area contributed by atoms with Crippen LogP contribution in [0, 0.1) is 12.7 Å². The fourth-order valence-corrected chi connectivity index (χ4v) is 4.61. The summed E-state index contributed by atoms with van der Waals surface area (Å²) in [7, 11) is 0. The van der Waals surface area contributed by atoms with Crippen molar-refractivity contribution in [3.8, 4) is 0 Å². The number of carbonyl (C=O) groups excluding carboxylic acids is 1. The largest absolute Gasteiger partial charge is 0.435 e. The maximum atomic E-state index is 14.2. The van der Waals surface area contributed by atoms with E-state index in [0.29, 0.717) is 16.7 Å². The molecule has 0 saturated heterocycles. The Morgan fingerprint density at radius 3 is 2.22 bits per heavy atom. The van der Waals surface area contributed by atoms with E-state index in [0.717, 1.165) is 12.1 Å². The minimum absolute atomic E-state index is 0.0182. The van der Waals surface area contributed by atoms with Gasteiger partial charge in [0.05, 0.1) is 16.5 Å². The predicted octanol–water partition coefficient (Wildman–Crippen LogP) is 6.24. The Kier molecular flexibility index (Phi) is 6.57. The molecule has 14 heteroatoms. The van der Waals surface area contributed by atoms with Gasteiger partial charge in [0.15, 0.2) is 5.82 Å².